The van der Waals surface area contributed by atoms with Crippen molar-refractivity contribution in [2.75, 3.05) is 13.2 Å². The lowest BCUT2D eigenvalue weighted by atomic mass is 10.1. The van der Waals surface area contributed by atoms with Crippen LogP contribution in [0.25, 0.3) is 0 Å². The Morgan fingerprint density at radius 3 is 2.85 bits per heavy atom. The van der Waals surface area contributed by atoms with Crippen molar-refractivity contribution < 1.29 is 13.6 Å². The lowest BCUT2D eigenvalue weighted by Crippen LogP contribution is -2.21. The molecule has 4 heteroatoms. The van der Waals surface area contributed by atoms with E-state index in [0.29, 0.717) is 12.6 Å². The largest absolute Gasteiger partial charge is 0.467 e. The van der Waals surface area contributed by atoms with Gasteiger partial charge < -0.3 is 18.9 Å². The molecular formula is C16H23NO3. The molecule has 110 valence electrons. The van der Waals surface area contributed by atoms with Crippen molar-refractivity contribution >= 4 is 0 Å². The van der Waals surface area contributed by atoms with E-state index in [1.54, 1.807) is 6.26 Å². The van der Waals surface area contributed by atoms with Gasteiger partial charge in [-0.05, 0) is 51.9 Å². The summed E-state index contributed by atoms with van der Waals surface area (Å²) in [5.74, 6) is 2.83. The van der Waals surface area contributed by atoms with Crippen LogP contribution in [-0.2, 0) is 11.3 Å². The summed E-state index contributed by atoms with van der Waals surface area (Å²) in [6.07, 6.45) is 2.64. The lowest BCUT2D eigenvalue weighted by Gasteiger charge is -2.12. The van der Waals surface area contributed by atoms with E-state index in [9.17, 15) is 0 Å². The van der Waals surface area contributed by atoms with Crippen molar-refractivity contribution in [3.05, 3.63) is 47.3 Å². The Bertz CT molecular complexity index is 502. The zero-order valence-corrected chi connectivity index (χ0v) is 12.4. The molecule has 0 bridgehead atoms. The quantitative estimate of drug-likeness (QED) is 0.747. The summed E-state index contributed by atoms with van der Waals surface area (Å²) in [7, 11) is 0. The van der Waals surface area contributed by atoms with E-state index in [-0.39, 0.29) is 0 Å². The molecule has 2 heterocycles. The van der Waals surface area contributed by atoms with Crippen molar-refractivity contribution in [2.24, 2.45) is 0 Å². The highest BCUT2D eigenvalue weighted by molar-refractivity contribution is 5.23. The normalized spacial score (nSPS) is 12.8. The Kier molecular flexibility index (Phi) is 5.44. The van der Waals surface area contributed by atoms with E-state index < -0.39 is 0 Å². The van der Waals surface area contributed by atoms with Crippen molar-refractivity contribution in [3.8, 4) is 0 Å². The molecule has 0 aliphatic carbocycles. The topological polar surface area (TPSA) is 47.5 Å². The minimum absolute atomic E-state index is 0.303. The van der Waals surface area contributed by atoms with Gasteiger partial charge in [-0.1, -0.05) is 0 Å². The molecule has 0 spiro atoms. The number of hydrogen-bond donors (Lipinski definition) is 1. The third-order valence-corrected chi connectivity index (χ3v) is 3.29. The first-order valence-electron chi connectivity index (χ1n) is 7.07. The molecule has 4 nitrogen and oxygen atoms in total. The fraction of sp³-hybridized carbons (Fsp3) is 0.500. The van der Waals surface area contributed by atoms with Crippen molar-refractivity contribution in [1.82, 2.24) is 5.32 Å². The molecule has 0 saturated carbocycles. The highest BCUT2D eigenvalue weighted by Crippen LogP contribution is 2.20. The van der Waals surface area contributed by atoms with Gasteiger partial charge in [0.05, 0.1) is 6.26 Å². The molecule has 0 fully saturated rings. The number of nitrogens with one attached hydrogen (secondary N) is 1. The van der Waals surface area contributed by atoms with Crippen LogP contribution in [0.15, 0.2) is 33.3 Å². The van der Waals surface area contributed by atoms with Gasteiger partial charge in [0, 0.05) is 18.2 Å². The second-order valence-electron chi connectivity index (χ2n) is 5.03. The van der Waals surface area contributed by atoms with Gasteiger partial charge in [-0.3, -0.25) is 0 Å². The first kappa shape index (κ1) is 14.9. The van der Waals surface area contributed by atoms with Crippen molar-refractivity contribution in [3.63, 3.8) is 0 Å². The second kappa shape index (κ2) is 7.31. The first-order chi connectivity index (χ1) is 9.66. The van der Waals surface area contributed by atoms with Crippen LogP contribution < -0.4 is 5.32 Å². The Morgan fingerprint density at radius 1 is 1.35 bits per heavy atom. The molecule has 2 aromatic rings. The molecular weight excluding hydrogens is 254 g/mol. The minimum atomic E-state index is 0.303. The summed E-state index contributed by atoms with van der Waals surface area (Å²) in [5.41, 5.74) is 1.24. The van der Waals surface area contributed by atoms with Gasteiger partial charge in [-0.2, -0.15) is 0 Å². The number of ether oxygens (including phenoxy) is 1. The predicted octanol–water partition coefficient (Wildman–Crippen LogP) is 3.75. The van der Waals surface area contributed by atoms with Crippen LogP contribution in [0.3, 0.4) is 0 Å². The van der Waals surface area contributed by atoms with Crippen LogP contribution >= 0.6 is 0 Å². The van der Waals surface area contributed by atoms with Crippen LogP contribution in [0, 0.1) is 13.8 Å². The summed E-state index contributed by atoms with van der Waals surface area (Å²) in [4.78, 5) is 0. The molecule has 0 saturated heterocycles. The summed E-state index contributed by atoms with van der Waals surface area (Å²) in [5, 5.41) is 3.48. The molecule has 0 aliphatic heterocycles. The lowest BCUT2D eigenvalue weighted by molar-refractivity contribution is 0.103. The molecule has 1 unspecified atom stereocenters. The Hall–Kier alpha value is -1.52. The fourth-order valence-electron chi connectivity index (χ4n) is 2.25. The summed E-state index contributed by atoms with van der Waals surface area (Å²) in [6.45, 7) is 8.33. The van der Waals surface area contributed by atoms with Gasteiger partial charge >= 0.3 is 0 Å². The average molecular weight is 277 g/mol. The van der Waals surface area contributed by atoms with Gasteiger partial charge in [0.1, 0.15) is 23.9 Å². The zero-order chi connectivity index (χ0) is 14.4. The number of furan rings is 2. The molecule has 20 heavy (non-hydrogen) atoms. The SMILES string of the molecule is Cc1cc(C(C)NCCCOCc2ccco2)c(C)o1. The predicted molar refractivity (Wildman–Crippen MR) is 77.6 cm³/mol. The summed E-state index contributed by atoms with van der Waals surface area (Å²) in [6, 6.07) is 6.19. The monoisotopic (exact) mass is 277 g/mol. The third kappa shape index (κ3) is 4.25. The second-order valence-corrected chi connectivity index (χ2v) is 5.03. The molecule has 0 aliphatic rings. The maximum absolute atomic E-state index is 5.55. The van der Waals surface area contributed by atoms with Crippen molar-refractivity contribution in [1.29, 1.82) is 0 Å². The number of hydrogen-bond acceptors (Lipinski definition) is 4. The molecule has 2 aromatic heterocycles. The highest BCUT2D eigenvalue weighted by atomic mass is 16.5. The summed E-state index contributed by atoms with van der Waals surface area (Å²) >= 11 is 0. The van der Waals surface area contributed by atoms with Gasteiger partial charge in [0.15, 0.2) is 0 Å². The van der Waals surface area contributed by atoms with E-state index in [2.05, 4.69) is 18.3 Å². The summed E-state index contributed by atoms with van der Waals surface area (Å²) < 4.78 is 16.3. The number of aryl methyl sites for hydroxylation is 2. The van der Waals surface area contributed by atoms with Gasteiger partial charge in [0.25, 0.3) is 0 Å². The molecule has 1 atom stereocenters. The zero-order valence-electron chi connectivity index (χ0n) is 12.4. The Labute approximate surface area is 120 Å². The Morgan fingerprint density at radius 2 is 2.20 bits per heavy atom. The highest BCUT2D eigenvalue weighted by Gasteiger charge is 2.11. The smallest absolute Gasteiger partial charge is 0.129 e. The van der Waals surface area contributed by atoms with Crippen LogP contribution in [-0.4, -0.2) is 13.2 Å². The minimum Gasteiger partial charge on any atom is -0.467 e. The fourth-order valence-corrected chi connectivity index (χ4v) is 2.25. The van der Waals surface area contributed by atoms with Gasteiger partial charge in [0.2, 0.25) is 0 Å². The van der Waals surface area contributed by atoms with Crippen LogP contribution in [0.5, 0.6) is 0 Å². The average Bonchev–Trinajstić information content (AvgIpc) is 3.03. The maximum Gasteiger partial charge on any atom is 0.129 e. The molecule has 1 N–H and O–H groups in total. The Balaban J connectivity index is 1.60. The first-order valence-corrected chi connectivity index (χ1v) is 7.07. The molecule has 2 rings (SSSR count). The molecule has 0 aromatic carbocycles. The van der Waals surface area contributed by atoms with E-state index in [0.717, 1.165) is 36.9 Å². The number of rotatable bonds is 8. The van der Waals surface area contributed by atoms with Crippen molar-refractivity contribution in [2.45, 2.75) is 39.8 Å². The van der Waals surface area contributed by atoms with Gasteiger partial charge in [-0.25, -0.2) is 0 Å². The van der Waals surface area contributed by atoms with Crippen LogP contribution in [0.2, 0.25) is 0 Å². The third-order valence-electron chi connectivity index (χ3n) is 3.29. The van der Waals surface area contributed by atoms with E-state index in [4.69, 9.17) is 13.6 Å². The standard InChI is InChI=1S/C16H23NO3/c1-12-10-16(14(3)20-12)13(2)17-7-5-8-18-11-15-6-4-9-19-15/h4,6,9-10,13,17H,5,7-8,11H2,1-3H3. The van der Waals surface area contributed by atoms with E-state index in [1.165, 1.54) is 5.56 Å². The maximum atomic E-state index is 5.55. The van der Waals surface area contributed by atoms with E-state index in [1.807, 2.05) is 26.0 Å². The van der Waals surface area contributed by atoms with Crippen LogP contribution in [0.4, 0.5) is 0 Å². The van der Waals surface area contributed by atoms with E-state index >= 15 is 0 Å². The van der Waals surface area contributed by atoms with Crippen LogP contribution in [0.1, 0.15) is 42.2 Å². The molecule has 0 amide bonds. The van der Waals surface area contributed by atoms with Gasteiger partial charge in [-0.15, -0.1) is 0 Å². The molecule has 0 radical (unpaired) electrons.